The molecule has 4 atom stereocenters. The molecule has 0 unspecified atom stereocenters. The second-order valence-corrected chi connectivity index (χ2v) is 7.80. The quantitative estimate of drug-likeness (QED) is 0.463. The minimum Gasteiger partial charge on any atom is -0.289 e. The van der Waals surface area contributed by atoms with Crippen LogP contribution in [-0.2, 0) is 9.59 Å². The van der Waals surface area contributed by atoms with Crippen LogP contribution in [0.1, 0.15) is 22.3 Å². The number of benzene rings is 2. The van der Waals surface area contributed by atoms with Crippen LogP contribution >= 0.6 is 11.6 Å². The summed E-state index contributed by atoms with van der Waals surface area (Å²) in [6, 6.07) is 13.5. The van der Waals surface area contributed by atoms with Gasteiger partial charge in [-0.3, -0.25) is 14.4 Å². The van der Waals surface area contributed by atoms with Gasteiger partial charge in [0.25, 0.3) is 0 Å². The van der Waals surface area contributed by atoms with Crippen molar-refractivity contribution < 1.29 is 14.4 Å². The molecule has 2 aromatic rings. The molecule has 2 aromatic carbocycles. The van der Waals surface area contributed by atoms with E-state index in [9.17, 15) is 14.4 Å². The molecule has 4 nitrogen and oxygen atoms in total. The molecule has 1 saturated carbocycles. The van der Waals surface area contributed by atoms with Gasteiger partial charge in [0.2, 0.25) is 11.8 Å². The Bertz CT molecular complexity index is 983. The number of nitrogens with zero attached hydrogens (tertiary/aromatic N) is 1. The maximum atomic E-state index is 13.1. The topological polar surface area (TPSA) is 54.5 Å². The summed E-state index contributed by atoms with van der Waals surface area (Å²) in [5.74, 6) is -1.01. The van der Waals surface area contributed by atoms with Crippen LogP contribution in [0.25, 0.3) is 0 Å². The van der Waals surface area contributed by atoms with Crippen LogP contribution in [0.2, 0.25) is 5.02 Å². The van der Waals surface area contributed by atoms with Crippen LogP contribution in [0.3, 0.4) is 0 Å². The van der Waals surface area contributed by atoms with Crippen LogP contribution in [0.15, 0.2) is 60.7 Å². The van der Waals surface area contributed by atoms with Gasteiger partial charge in [-0.25, -0.2) is 4.90 Å². The van der Waals surface area contributed by atoms with Crippen LogP contribution in [0.4, 0.5) is 5.69 Å². The van der Waals surface area contributed by atoms with Crippen molar-refractivity contribution in [2.45, 2.75) is 6.42 Å². The number of amides is 2. The lowest BCUT2D eigenvalue weighted by molar-refractivity contribution is -0.123. The molecule has 1 aliphatic heterocycles. The lowest BCUT2D eigenvalue weighted by Crippen LogP contribution is -2.34. The van der Waals surface area contributed by atoms with Gasteiger partial charge in [-0.05, 0) is 36.5 Å². The molecule has 1 saturated heterocycles. The first-order valence-electron chi connectivity index (χ1n) is 9.01. The first kappa shape index (κ1) is 16.5. The fraction of sp³-hybridized carbons (Fsp3) is 0.227. The van der Waals surface area contributed by atoms with E-state index in [1.165, 1.54) is 11.0 Å². The predicted octanol–water partition coefficient (Wildman–Crippen LogP) is 3.88. The first-order valence-corrected chi connectivity index (χ1v) is 9.39. The molecule has 2 amide bonds. The third-order valence-electron chi connectivity index (χ3n) is 5.95. The number of allylic oxidation sites excluding steroid dienone is 2. The highest BCUT2D eigenvalue weighted by Gasteiger charge is 2.59. The molecular weight excluding hydrogens is 362 g/mol. The molecular formula is C22H16ClNO3. The number of hydrogen-bond donors (Lipinski definition) is 0. The highest BCUT2D eigenvalue weighted by Crippen LogP contribution is 2.53. The number of halogens is 1. The highest BCUT2D eigenvalue weighted by atomic mass is 35.5. The molecule has 134 valence electrons. The maximum absolute atomic E-state index is 13.1. The van der Waals surface area contributed by atoms with Crippen LogP contribution in [0.5, 0.6) is 0 Å². The average Bonchev–Trinajstić information content (AvgIpc) is 3.36. The van der Waals surface area contributed by atoms with Crippen molar-refractivity contribution in [1.82, 2.24) is 0 Å². The molecule has 5 rings (SSSR count). The SMILES string of the molecule is O=C(c1ccccc1)c1cc(Cl)ccc1N1C(=O)[C@@H]2[C@@H](C1=O)[C@H]1C=C[C@H]2C1. The number of anilines is 1. The highest BCUT2D eigenvalue weighted by molar-refractivity contribution is 6.32. The Morgan fingerprint density at radius 1 is 0.926 bits per heavy atom. The maximum Gasteiger partial charge on any atom is 0.238 e. The van der Waals surface area contributed by atoms with E-state index in [1.807, 2.05) is 6.07 Å². The van der Waals surface area contributed by atoms with Gasteiger partial charge in [-0.15, -0.1) is 0 Å². The lowest BCUT2D eigenvalue weighted by atomic mass is 9.85. The fourth-order valence-corrected chi connectivity index (χ4v) is 4.94. The van der Waals surface area contributed by atoms with E-state index in [-0.39, 0.29) is 46.8 Å². The number of rotatable bonds is 3. The molecule has 1 heterocycles. The molecule has 2 aliphatic carbocycles. The van der Waals surface area contributed by atoms with Gasteiger partial charge < -0.3 is 0 Å². The van der Waals surface area contributed by atoms with Crippen molar-refractivity contribution in [3.63, 3.8) is 0 Å². The summed E-state index contributed by atoms with van der Waals surface area (Å²) in [7, 11) is 0. The van der Waals surface area contributed by atoms with Crippen molar-refractivity contribution in [3.05, 3.63) is 76.8 Å². The summed E-state index contributed by atoms with van der Waals surface area (Å²) in [6.45, 7) is 0. The minimum absolute atomic E-state index is 0.127. The molecule has 0 radical (unpaired) electrons. The zero-order valence-corrected chi connectivity index (χ0v) is 15.1. The molecule has 2 fully saturated rings. The van der Waals surface area contributed by atoms with Crippen molar-refractivity contribution in [3.8, 4) is 0 Å². The summed E-state index contributed by atoms with van der Waals surface area (Å²) in [6.07, 6.45) is 4.98. The monoisotopic (exact) mass is 377 g/mol. The zero-order chi connectivity index (χ0) is 18.7. The molecule has 0 spiro atoms. The first-order chi connectivity index (χ1) is 13.1. The van der Waals surface area contributed by atoms with Gasteiger partial charge in [0.1, 0.15) is 0 Å². The molecule has 0 aromatic heterocycles. The number of hydrogen-bond acceptors (Lipinski definition) is 3. The molecule has 5 heteroatoms. The number of ketones is 1. The molecule has 2 bridgehead atoms. The Kier molecular flexibility index (Phi) is 3.59. The number of carbonyl (C=O) groups is 3. The normalized spacial score (nSPS) is 28.1. The van der Waals surface area contributed by atoms with E-state index in [0.29, 0.717) is 16.3 Å². The largest absolute Gasteiger partial charge is 0.289 e. The van der Waals surface area contributed by atoms with Gasteiger partial charge in [-0.2, -0.15) is 0 Å². The Morgan fingerprint density at radius 2 is 1.56 bits per heavy atom. The molecule has 0 N–H and O–H groups in total. The minimum atomic E-state index is -0.303. The van der Waals surface area contributed by atoms with Crippen molar-refractivity contribution in [2.24, 2.45) is 23.7 Å². The molecule has 27 heavy (non-hydrogen) atoms. The van der Waals surface area contributed by atoms with Crippen molar-refractivity contribution in [1.29, 1.82) is 0 Å². The summed E-state index contributed by atoms with van der Waals surface area (Å²) < 4.78 is 0. The summed E-state index contributed by atoms with van der Waals surface area (Å²) >= 11 is 6.13. The third kappa shape index (κ3) is 2.33. The van der Waals surface area contributed by atoms with Gasteiger partial charge >= 0.3 is 0 Å². The third-order valence-corrected chi connectivity index (χ3v) is 6.19. The summed E-state index contributed by atoms with van der Waals surface area (Å²) in [4.78, 5) is 40.5. The van der Waals surface area contributed by atoms with Gasteiger partial charge in [0, 0.05) is 16.1 Å². The van der Waals surface area contributed by atoms with Crippen LogP contribution in [0, 0.1) is 23.7 Å². The molecule has 3 aliphatic rings. The number of imide groups is 1. The Balaban J connectivity index is 1.60. The van der Waals surface area contributed by atoms with E-state index in [1.54, 1.807) is 36.4 Å². The van der Waals surface area contributed by atoms with E-state index in [4.69, 9.17) is 11.6 Å². The van der Waals surface area contributed by atoms with E-state index < -0.39 is 0 Å². The van der Waals surface area contributed by atoms with Gasteiger partial charge in [0.15, 0.2) is 5.78 Å². The zero-order valence-electron chi connectivity index (χ0n) is 14.3. The summed E-state index contributed by atoms with van der Waals surface area (Å²) in [5.41, 5.74) is 1.09. The second kappa shape index (κ2) is 5.89. The smallest absolute Gasteiger partial charge is 0.238 e. The van der Waals surface area contributed by atoms with E-state index in [2.05, 4.69) is 12.2 Å². The predicted molar refractivity (Wildman–Crippen MR) is 102 cm³/mol. The van der Waals surface area contributed by atoms with Crippen molar-refractivity contribution in [2.75, 3.05) is 4.90 Å². The standard InChI is InChI=1S/C22H16ClNO3/c23-15-8-9-17(16(11-15)20(25)12-4-2-1-3-5-12)24-21(26)18-13-6-7-14(10-13)19(18)22(24)27/h1-9,11,13-14,18-19H,10H2/t13-,14-,18-,19-/m0/s1. The Hall–Kier alpha value is -2.72. The van der Waals surface area contributed by atoms with E-state index >= 15 is 0 Å². The number of fused-ring (bicyclic) bond motifs is 5. The second-order valence-electron chi connectivity index (χ2n) is 7.37. The van der Waals surface area contributed by atoms with Gasteiger partial charge in [-0.1, -0.05) is 54.1 Å². The van der Waals surface area contributed by atoms with Crippen LogP contribution < -0.4 is 4.90 Å². The fourth-order valence-electron chi connectivity index (χ4n) is 4.77. The van der Waals surface area contributed by atoms with Crippen LogP contribution in [-0.4, -0.2) is 17.6 Å². The van der Waals surface area contributed by atoms with Gasteiger partial charge in [0.05, 0.1) is 17.5 Å². The van der Waals surface area contributed by atoms with Crippen molar-refractivity contribution >= 4 is 34.9 Å². The Morgan fingerprint density at radius 3 is 2.19 bits per heavy atom. The number of carbonyl (C=O) groups excluding carboxylic acids is 3. The summed E-state index contributed by atoms with van der Waals surface area (Å²) in [5, 5.41) is 0.388. The van der Waals surface area contributed by atoms with E-state index in [0.717, 1.165) is 6.42 Å². The Labute approximate surface area is 161 Å². The lowest BCUT2D eigenvalue weighted by Gasteiger charge is -2.20. The average molecular weight is 378 g/mol.